The molecule has 2 aromatic carbocycles. The molecule has 6 nitrogen and oxygen atoms in total. The standard InChI is InChI=1S/C21H24FN3O3/c1-28-18-10-4-15(5-11-18)19-3-2-12-25(19)14-21(27)23-13-20(26)24-17-8-6-16(22)7-9-17/h4-11,19H,2-3,12-14H2,1H3,(H,23,27)(H,24,26). The first-order chi connectivity index (χ1) is 13.5. The van der Waals surface area contributed by atoms with Crippen LogP contribution >= 0.6 is 0 Å². The molecule has 1 aliphatic heterocycles. The van der Waals surface area contributed by atoms with E-state index in [0.717, 1.165) is 30.7 Å². The number of halogens is 1. The van der Waals surface area contributed by atoms with Crippen molar-refractivity contribution >= 4 is 17.5 Å². The minimum atomic E-state index is -0.372. The predicted octanol–water partition coefficient (Wildman–Crippen LogP) is 2.73. The second-order valence-electron chi connectivity index (χ2n) is 6.73. The number of anilines is 1. The average molecular weight is 385 g/mol. The summed E-state index contributed by atoms with van der Waals surface area (Å²) in [7, 11) is 1.63. The number of benzene rings is 2. The average Bonchev–Trinajstić information content (AvgIpc) is 3.16. The van der Waals surface area contributed by atoms with E-state index in [9.17, 15) is 14.0 Å². The Morgan fingerprint density at radius 1 is 1.11 bits per heavy atom. The Hall–Kier alpha value is -2.93. The SMILES string of the molecule is COc1ccc(C2CCCN2CC(=O)NCC(=O)Nc2ccc(F)cc2)cc1. The van der Waals surface area contributed by atoms with Crippen LogP contribution in [-0.4, -0.2) is 43.5 Å². The van der Waals surface area contributed by atoms with Crippen LogP contribution in [0.5, 0.6) is 5.75 Å². The number of methoxy groups -OCH3 is 1. The molecule has 0 saturated carbocycles. The number of likely N-dealkylation sites (tertiary alicyclic amines) is 1. The van der Waals surface area contributed by atoms with Crippen molar-refractivity contribution in [3.63, 3.8) is 0 Å². The smallest absolute Gasteiger partial charge is 0.243 e. The van der Waals surface area contributed by atoms with Gasteiger partial charge in [-0.2, -0.15) is 0 Å². The van der Waals surface area contributed by atoms with Gasteiger partial charge in [0.25, 0.3) is 0 Å². The van der Waals surface area contributed by atoms with Crippen LogP contribution in [0.25, 0.3) is 0 Å². The molecule has 1 heterocycles. The molecule has 7 heteroatoms. The van der Waals surface area contributed by atoms with Crippen LogP contribution in [0.15, 0.2) is 48.5 Å². The molecule has 2 N–H and O–H groups in total. The molecule has 1 aliphatic rings. The van der Waals surface area contributed by atoms with Gasteiger partial charge in [-0.05, 0) is 61.3 Å². The molecular formula is C21H24FN3O3. The molecule has 0 aliphatic carbocycles. The van der Waals surface area contributed by atoms with E-state index < -0.39 is 0 Å². The van der Waals surface area contributed by atoms with E-state index in [2.05, 4.69) is 15.5 Å². The number of hydrogen-bond acceptors (Lipinski definition) is 4. The van der Waals surface area contributed by atoms with Gasteiger partial charge in [-0.3, -0.25) is 14.5 Å². The van der Waals surface area contributed by atoms with Gasteiger partial charge < -0.3 is 15.4 Å². The van der Waals surface area contributed by atoms with Gasteiger partial charge in [-0.1, -0.05) is 12.1 Å². The van der Waals surface area contributed by atoms with Crippen molar-refractivity contribution in [1.29, 1.82) is 0 Å². The van der Waals surface area contributed by atoms with Crippen molar-refractivity contribution in [1.82, 2.24) is 10.2 Å². The lowest BCUT2D eigenvalue weighted by molar-refractivity contribution is -0.125. The van der Waals surface area contributed by atoms with E-state index in [1.807, 2.05) is 24.3 Å². The summed E-state index contributed by atoms with van der Waals surface area (Å²) in [4.78, 5) is 26.3. The van der Waals surface area contributed by atoms with Crippen LogP contribution in [-0.2, 0) is 9.59 Å². The molecule has 2 aromatic rings. The highest BCUT2D eigenvalue weighted by molar-refractivity contribution is 5.94. The molecule has 0 bridgehead atoms. The maximum atomic E-state index is 12.9. The molecule has 0 radical (unpaired) electrons. The summed E-state index contributed by atoms with van der Waals surface area (Å²) in [6, 6.07) is 13.5. The number of nitrogens with zero attached hydrogens (tertiary/aromatic N) is 1. The summed E-state index contributed by atoms with van der Waals surface area (Å²) in [5, 5.41) is 5.26. The number of ether oxygens (including phenoxy) is 1. The Balaban J connectivity index is 1.47. The molecule has 1 atom stereocenters. The summed E-state index contributed by atoms with van der Waals surface area (Å²) in [5.74, 6) is -0.121. The van der Waals surface area contributed by atoms with Crippen LogP contribution in [0.1, 0.15) is 24.4 Å². The van der Waals surface area contributed by atoms with Crippen molar-refractivity contribution < 1.29 is 18.7 Å². The molecule has 0 aromatic heterocycles. The zero-order valence-corrected chi connectivity index (χ0v) is 15.8. The third-order valence-electron chi connectivity index (χ3n) is 4.79. The van der Waals surface area contributed by atoms with Gasteiger partial charge in [0.15, 0.2) is 0 Å². The van der Waals surface area contributed by atoms with E-state index in [0.29, 0.717) is 5.69 Å². The molecule has 3 rings (SSSR count). The fourth-order valence-corrected chi connectivity index (χ4v) is 3.38. The zero-order valence-electron chi connectivity index (χ0n) is 15.8. The van der Waals surface area contributed by atoms with Crippen LogP contribution in [0, 0.1) is 5.82 Å². The molecule has 0 spiro atoms. The van der Waals surface area contributed by atoms with E-state index >= 15 is 0 Å². The fraction of sp³-hybridized carbons (Fsp3) is 0.333. The van der Waals surface area contributed by atoms with Crippen molar-refractivity contribution in [2.75, 3.05) is 32.1 Å². The summed E-state index contributed by atoms with van der Waals surface area (Å²) in [6.45, 7) is 0.948. The minimum Gasteiger partial charge on any atom is -0.497 e. The van der Waals surface area contributed by atoms with E-state index in [1.165, 1.54) is 24.3 Å². The molecule has 2 amide bonds. The van der Waals surface area contributed by atoms with Crippen molar-refractivity contribution in [2.24, 2.45) is 0 Å². The Bertz CT molecular complexity index is 809. The Morgan fingerprint density at radius 2 is 1.82 bits per heavy atom. The molecule has 1 fully saturated rings. The quantitative estimate of drug-likeness (QED) is 0.769. The Labute approximate surface area is 163 Å². The van der Waals surface area contributed by atoms with Crippen LogP contribution in [0.2, 0.25) is 0 Å². The van der Waals surface area contributed by atoms with Crippen LogP contribution in [0.3, 0.4) is 0 Å². The van der Waals surface area contributed by atoms with Gasteiger partial charge >= 0.3 is 0 Å². The zero-order chi connectivity index (χ0) is 19.9. The maximum absolute atomic E-state index is 12.9. The highest BCUT2D eigenvalue weighted by Gasteiger charge is 2.27. The van der Waals surface area contributed by atoms with Crippen molar-refractivity contribution in [3.8, 4) is 5.75 Å². The van der Waals surface area contributed by atoms with Crippen molar-refractivity contribution in [3.05, 3.63) is 59.9 Å². The first-order valence-corrected chi connectivity index (χ1v) is 9.25. The summed E-state index contributed by atoms with van der Waals surface area (Å²) in [6.07, 6.45) is 2.01. The minimum absolute atomic E-state index is 0.128. The highest BCUT2D eigenvalue weighted by Crippen LogP contribution is 2.32. The largest absolute Gasteiger partial charge is 0.497 e. The number of amides is 2. The van der Waals surface area contributed by atoms with Crippen LogP contribution < -0.4 is 15.4 Å². The molecule has 1 unspecified atom stereocenters. The summed E-state index contributed by atoms with van der Waals surface area (Å²) < 4.78 is 18.1. The van der Waals surface area contributed by atoms with Gasteiger partial charge in [0.1, 0.15) is 11.6 Å². The van der Waals surface area contributed by atoms with E-state index in [4.69, 9.17) is 4.74 Å². The summed E-state index contributed by atoms with van der Waals surface area (Å²) >= 11 is 0. The lowest BCUT2D eigenvalue weighted by atomic mass is 10.0. The number of carbonyl (C=O) groups is 2. The van der Waals surface area contributed by atoms with Gasteiger partial charge in [0.2, 0.25) is 11.8 Å². The lowest BCUT2D eigenvalue weighted by Crippen LogP contribution is -2.40. The first-order valence-electron chi connectivity index (χ1n) is 9.25. The third kappa shape index (κ3) is 5.29. The van der Waals surface area contributed by atoms with Crippen LogP contribution in [0.4, 0.5) is 10.1 Å². The number of rotatable bonds is 7. The topological polar surface area (TPSA) is 70.7 Å². The molecule has 148 valence electrons. The number of carbonyl (C=O) groups excluding carboxylic acids is 2. The lowest BCUT2D eigenvalue weighted by Gasteiger charge is -2.24. The van der Waals surface area contributed by atoms with Gasteiger partial charge in [-0.25, -0.2) is 4.39 Å². The maximum Gasteiger partial charge on any atom is 0.243 e. The second-order valence-corrected chi connectivity index (χ2v) is 6.73. The highest BCUT2D eigenvalue weighted by atomic mass is 19.1. The normalized spacial score (nSPS) is 16.6. The molecule has 28 heavy (non-hydrogen) atoms. The molecular weight excluding hydrogens is 361 g/mol. The third-order valence-corrected chi connectivity index (χ3v) is 4.79. The van der Waals surface area contributed by atoms with E-state index in [1.54, 1.807) is 7.11 Å². The van der Waals surface area contributed by atoms with Gasteiger partial charge in [-0.15, -0.1) is 0 Å². The van der Waals surface area contributed by atoms with Gasteiger partial charge in [0, 0.05) is 11.7 Å². The Morgan fingerprint density at radius 3 is 2.50 bits per heavy atom. The Kier molecular flexibility index (Phi) is 6.60. The number of nitrogens with one attached hydrogen (secondary N) is 2. The van der Waals surface area contributed by atoms with Gasteiger partial charge in [0.05, 0.1) is 20.2 Å². The monoisotopic (exact) mass is 385 g/mol. The number of hydrogen-bond donors (Lipinski definition) is 2. The first kappa shape index (κ1) is 19.8. The second kappa shape index (κ2) is 9.32. The van der Waals surface area contributed by atoms with E-state index in [-0.39, 0.29) is 36.8 Å². The fourth-order valence-electron chi connectivity index (χ4n) is 3.38. The molecule has 1 saturated heterocycles. The van der Waals surface area contributed by atoms with Crippen molar-refractivity contribution in [2.45, 2.75) is 18.9 Å². The predicted molar refractivity (Wildman–Crippen MR) is 105 cm³/mol. The summed E-state index contributed by atoms with van der Waals surface area (Å²) in [5.41, 5.74) is 1.64.